The molecule has 2 aromatic rings. The summed E-state index contributed by atoms with van der Waals surface area (Å²) in [5, 5.41) is 12.9. The third-order valence-electron chi connectivity index (χ3n) is 2.79. The average molecular weight is 380 g/mol. The van der Waals surface area contributed by atoms with E-state index in [0.29, 0.717) is 11.0 Å². The predicted octanol–water partition coefficient (Wildman–Crippen LogP) is 2.46. The van der Waals surface area contributed by atoms with Gasteiger partial charge in [0.2, 0.25) is 0 Å². The van der Waals surface area contributed by atoms with Gasteiger partial charge in [-0.25, -0.2) is 0 Å². The van der Waals surface area contributed by atoms with Crippen LogP contribution in [0.2, 0.25) is 0 Å². The Balaban J connectivity index is 1.83. The van der Waals surface area contributed by atoms with Crippen LogP contribution >= 0.6 is 28.1 Å². The van der Waals surface area contributed by atoms with Gasteiger partial charge in [-0.05, 0) is 36.0 Å². The molecule has 2 rings (SSSR count). The van der Waals surface area contributed by atoms with Crippen molar-refractivity contribution in [1.29, 1.82) is 0 Å². The van der Waals surface area contributed by atoms with Crippen LogP contribution in [-0.4, -0.2) is 16.1 Å². The molecule has 0 heterocycles. The molecule has 22 heavy (non-hydrogen) atoms. The van der Waals surface area contributed by atoms with Gasteiger partial charge in [-0.15, -0.1) is 0 Å². The van der Waals surface area contributed by atoms with Crippen molar-refractivity contribution in [3.8, 4) is 5.75 Å². The molecule has 4 N–H and O–H groups in total. The Bertz CT molecular complexity index is 680. The van der Waals surface area contributed by atoms with Crippen LogP contribution < -0.4 is 16.2 Å². The van der Waals surface area contributed by atoms with Crippen molar-refractivity contribution >= 4 is 39.2 Å². The lowest BCUT2D eigenvalue weighted by atomic mass is 10.2. The van der Waals surface area contributed by atoms with E-state index >= 15 is 0 Å². The van der Waals surface area contributed by atoms with Crippen LogP contribution in [0.5, 0.6) is 5.75 Å². The van der Waals surface area contributed by atoms with Crippen LogP contribution in [0.1, 0.15) is 15.9 Å². The van der Waals surface area contributed by atoms with E-state index in [1.54, 1.807) is 6.07 Å². The number of hydrazine groups is 1. The first-order valence-corrected chi connectivity index (χ1v) is 7.63. The van der Waals surface area contributed by atoms with Gasteiger partial charge >= 0.3 is 0 Å². The summed E-state index contributed by atoms with van der Waals surface area (Å²) in [7, 11) is 0. The number of nitrogens with one attached hydrogen (secondary N) is 3. The Morgan fingerprint density at radius 2 is 1.86 bits per heavy atom. The highest BCUT2D eigenvalue weighted by atomic mass is 79.9. The molecule has 0 aliphatic carbocycles. The summed E-state index contributed by atoms with van der Waals surface area (Å²) >= 11 is 8.32. The number of hydrogen-bond donors (Lipinski definition) is 4. The number of amides is 1. The quantitative estimate of drug-likeness (QED) is 0.487. The number of halogens is 1. The normalized spacial score (nSPS) is 9.86. The van der Waals surface area contributed by atoms with Crippen molar-refractivity contribution in [2.75, 3.05) is 0 Å². The van der Waals surface area contributed by atoms with Crippen molar-refractivity contribution < 1.29 is 9.90 Å². The molecule has 0 bridgehead atoms. The summed E-state index contributed by atoms with van der Waals surface area (Å²) < 4.78 is 0.695. The standard InChI is InChI=1S/C15H14BrN3O2S/c16-11-6-7-13(20)12(8-11)14(21)18-19-15(22)17-9-10-4-2-1-3-5-10/h1-8,20H,9H2,(H,18,21)(H2,17,19,22). The summed E-state index contributed by atoms with van der Waals surface area (Å²) in [6, 6.07) is 14.3. The number of rotatable bonds is 3. The predicted molar refractivity (Wildman–Crippen MR) is 92.3 cm³/mol. The second-order valence-corrected chi connectivity index (χ2v) is 5.73. The van der Waals surface area contributed by atoms with Crippen molar-refractivity contribution in [1.82, 2.24) is 16.2 Å². The van der Waals surface area contributed by atoms with Gasteiger partial charge in [0.25, 0.3) is 5.91 Å². The minimum Gasteiger partial charge on any atom is -0.507 e. The van der Waals surface area contributed by atoms with Gasteiger partial charge in [0.1, 0.15) is 5.75 Å². The zero-order valence-electron chi connectivity index (χ0n) is 11.5. The molecule has 0 radical (unpaired) electrons. The van der Waals surface area contributed by atoms with E-state index in [0.717, 1.165) is 5.56 Å². The molecular formula is C15H14BrN3O2S. The number of benzene rings is 2. The fourth-order valence-electron chi connectivity index (χ4n) is 1.69. The first kappa shape index (κ1) is 16.3. The second kappa shape index (κ2) is 7.77. The zero-order chi connectivity index (χ0) is 15.9. The molecule has 2 aromatic carbocycles. The lowest BCUT2D eigenvalue weighted by Crippen LogP contribution is -2.46. The Labute approximate surface area is 141 Å². The van der Waals surface area contributed by atoms with E-state index in [4.69, 9.17) is 12.2 Å². The van der Waals surface area contributed by atoms with Crippen LogP contribution in [0.25, 0.3) is 0 Å². The van der Waals surface area contributed by atoms with E-state index < -0.39 is 5.91 Å². The van der Waals surface area contributed by atoms with Crippen molar-refractivity contribution in [3.63, 3.8) is 0 Å². The van der Waals surface area contributed by atoms with Crippen molar-refractivity contribution in [2.45, 2.75) is 6.54 Å². The van der Waals surface area contributed by atoms with Gasteiger partial charge in [-0.1, -0.05) is 46.3 Å². The van der Waals surface area contributed by atoms with Crippen LogP contribution in [0.15, 0.2) is 53.0 Å². The number of phenolic OH excluding ortho intramolecular Hbond substituents is 1. The van der Waals surface area contributed by atoms with Crippen LogP contribution in [0, 0.1) is 0 Å². The van der Waals surface area contributed by atoms with Gasteiger partial charge in [-0.2, -0.15) is 0 Å². The number of thiocarbonyl (C=S) groups is 1. The van der Waals surface area contributed by atoms with E-state index in [1.165, 1.54) is 12.1 Å². The lowest BCUT2D eigenvalue weighted by Gasteiger charge is -2.12. The zero-order valence-corrected chi connectivity index (χ0v) is 13.9. The maximum absolute atomic E-state index is 12.0. The van der Waals surface area contributed by atoms with E-state index in [1.807, 2.05) is 30.3 Å². The fraction of sp³-hybridized carbons (Fsp3) is 0.0667. The molecule has 0 aliphatic rings. The van der Waals surface area contributed by atoms with Gasteiger partial charge in [0.05, 0.1) is 5.56 Å². The highest BCUT2D eigenvalue weighted by molar-refractivity contribution is 9.10. The van der Waals surface area contributed by atoms with Crippen LogP contribution in [0.4, 0.5) is 0 Å². The Morgan fingerprint density at radius 3 is 2.59 bits per heavy atom. The Kier molecular flexibility index (Phi) is 5.74. The molecule has 1 amide bonds. The molecule has 0 spiro atoms. The number of aromatic hydroxyl groups is 1. The van der Waals surface area contributed by atoms with Crippen molar-refractivity contribution in [3.05, 3.63) is 64.1 Å². The molecule has 0 fully saturated rings. The Hall–Kier alpha value is -2.12. The monoisotopic (exact) mass is 379 g/mol. The first-order valence-electron chi connectivity index (χ1n) is 6.43. The molecule has 114 valence electrons. The summed E-state index contributed by atoms with van der Waals surface area (Å²) in [6.07, 6.45) is 0. The highest BCUT2D eigenvalue weighted by Crippen LogP contribution is 2.21. The smallest absolute Gasteiger partial charge is 0.273 e. The molecular weight excluding hydrogens is 366 g/mol. The SMILES string of the molecule is O=C(NNC(=S)NCc1ccccc1)c1cc(Br)ccc1O. The number of hydrogen-bond acceptors (Lipinski definition) is 3. The van der Waals surface area contributed by atoms with Gasteiger partial charge in [-0.3, -0.25) is 15.6 Å². The van der Waals surface area contributed by atoms with E-state index in [2.05, 4.69) is 32.1 Å². The van der Waals surface area contributed by atoms with Crippen LogP contribution in [0.3, 0.4) is 0 Å². The van der Waals surface area contributed by atoms with Gasteiger partial charge < -0.3 is 10.4 Å². The lowest BCUT2D eigenvalue weighted by molar-refractivity contribution is 0.0941. The molecule has 0 saturated carbocycles. The molecule has 7 heteroatoms. The summed E-state index contributed by atoms with van der Waals surface area (Å²) in [5.41, 5.74) is 6.24. The van der Waals surface area contributed by atoms with Crippen molar-refractivity contribution in [2.24, 2.45) is 0 Å². The molecule has 0 saturated heterocycles. The van der Waals surface area contributed by atoms with Gasteiger partial charge in [0.15, 0.2) is 5.11 Å². The molecule has 5 nitrogen and oxygen atoms in total. The largest absolute Gasteiger partial charge is 0.507 e. The molecule has 0 atom stereocenters. The molecule has 0 unspecified atom stereocenters. The minimum atomic E-state index is -0.484. The summed E-state index contributed by atoms with van der Waals surface area (Å²) in [5.74, 6) is -0.590. The number of carbonyl (C=O) groups is 1. The molecule has 0 aromatic heterocycles. The minimum absolute atomic E-state index is 0.106. The highest BCUT2D eigenvalue weighted by Gasteiger charge is 2.11. The maximum atomic E-state index is 12.0. The molecule has 0 aliphatic heterocycles. The summed E-state index contributed by atoms with van der Waals surface area (Å²) in [6.45, 7) is 0.546. The number of carbonyl (C=O) groups excluding carboxylic acids is 1. The van der Waals surface area contributed by atoms with Crippen LogP contribution in [-0.2, 0) is 6.54 Å². The third-order valence-corrected chi connectivity index (χ3v) is 3.53. The van der Waals surface area contributed by atoms with E-state index in [9.17, 15) is 9.90 Å². The average Bonchev–Trinajstić information content (AvgIpc) is 2.54. The first-order chi connectivity index (χ1) is 10.6. The number of phenols is 1. The summed E-state index contributed by atoms with van der Waals surface area (Å²) in [4.78, 5) is 12.0. The maximum Gasteiger partial charge on any atom is 0.273 e. The van der Waals surface area contributed by atoms with E-state index in [-0.39, 0.29) is 16.4 Å². The third kappa shape index (κ3) is 4.71. The topological polar surface area (TPSA) is 73.4 Å². The Morgan fingerprint density at radius 1 is 1.14 bits per heavy atom. The second-order valence-electron chi connectivity index (χ2n) is 4.41. The van der Waals surface area contributed by atoms with Gasteiger partial charge in [0, 0.05) is 11.0 Å². The fourth-order valence-corrected chi connectivity index (χ4v) is 2.18.